The molecule has 0 atom stereocenters. The number of nitrogens with one attached hydrogen (secondary N) is 2. The fraction of sp³-hybridized carbons (Fsp3) is 0.556. The van der Waals surface area contributed by atoms with Crippen molar-refractivity contribution in [3.8, 4) is 0 Å². The Hall–Kier alpha value is -1.31. The minimum atomic E-state index is -0.218. The molecule has 2 rings (SSSR count). The number of hydrogen-bond donors (Lipinski definition) is 2. The Kier molecular flexibility index (Phi) is 9.10. The predicted molar refractivity (Wildman–Crippen MR) is 108 cm³/mol. The molecule has 0 amide bonds. The van der Waals surface area contributed by atoms with E-state index in [0.717, 1.165) is 12.5 Å². The fourth-order valence-electron chi connectivity index (χ4n) is 3.27. The topological polar surface area (TPSA) is 62.7 Å². The summed E-state index contributed by atoms with van der Waals surface area (Å²) in [6.45, 7) is 1.37. The SMILES string of the molecule is CN=C(NCCC(=O)OC)NCC1(c2ccccc2)CCCC1.I. The molecule has 1 fully saturated rings. The first-order valence-corrected chi connectivity index (χ1v) is 8.27. The van der Waals surface area contributed by atoms with Gasteiger partial charge >= 0.3 is 5.97 Å². The van der Waals surface area contributed by atoms with Crippen LogP contribution < -0.4 is 10.6 Å². The summed E-state index contributed by atoms with van der Waals surface area (Å²) in [5, 5.41) is 6.59. The molecule has 0 saturated heterocycles. The molecule has 24 heavy (non-hydrogen) atoms. The maximum absolute atomic E-state index is 11.2. The van der Waals surface area contributed by atoms with Crippen LogP contribution in [0.25, 0.3) is 0 Å². The normalized spacial score (nSPS) is 16.2. The van der Waals surface area contributed by atoms with Crippen molar-refractivity contribution < 1.29 is 9.53 Å². The molecule has 0 unspecified atom stereocenters. The lowest BCUT2D eigenvalue weighted by Gasteiger charge is -2.30. The number of esters is 1. The van der Waals surface area contributed by atoms with Crippen molar-refractivity contribution in [3.63, 3.8) is 0 Å². The Morgan fingerprint density at radius 1 is 1.21 bits per heavy atom. The molecule has 1 aromatic rings. The molecule has 0 radical (unpaired) electrons. The van der Waals surface area contributed by atoms with Gasteiger partial charge in [-0.15, -0.1) is 24.0 Å². The summed E-state index contributed by atoms with van der Waals surface area (Å²) in [6.07, 6.45) is 5.27. The molecule has 1 saturated carbocycles. The van der Waals surface area contributed by atoms with Crippen LogP contribution in [0.5, 0.6) is 0 Å². The van der Waals surface area contributed by atoms with Crippen LogP contribution in [0.2, 0.25) is 0 Å². The van der Waals surface area contributed by atoms with Crippen molar-refractivity contribution in [2.24, 2.45) is 4.99 Å². The molecule has 1 aliphatic carbocycles. The highest BCUT2D eigenvalue weighted by atomic mass is 127. The van der Waals surface area contributed by atoms with Crippen LogP contribution in [0.4, 0.5) is 0 Å². The van der Waals surface area contributed by atoms with E-state index in [9.17, 15) is 4.79 Å². The molecule has 0 bridgehead atoms. The van der Waals surface area contributed by atoms with Crippen LogP contribution >= 0.6 is 24.0 Å². The Morgan fingerprint density at radius 2 is 1.88 bits per heavy atom. The number of benzene rings is 1. The Labute approximate surface area is 161 Å². The summed E-state index contributed by atoms with van der Waals surface area (Å²) in [5.41, 5.74) is 1.58. The van der Waals surface area contributed by atoms with Gasteiger partial charge in [-0.05, 0) is 18.4 Å². The number of ether oxygens (including phenoxy) is 1. The smallest absolute Gasteiger partial charge is 0.307 e. The highest BCUT2D eigenvalue weighted by molar-refractivity contribution is 14.0. The average molecular weight is 445 g/mol. The zero-order valence-electron chi connectivity index (χ0n) is 14.5. The summed E-state index contributed by atoms with van der Waals surface area (Å²) in [6, 6.07) is 10.7. The van der Waals surface area contributed by atoms with Crippen molar-refractivity contribution >= 4 is 35.9 Å². The number of nitrogens with zero attached hydrogens (tertiary/aromatic N) is 1. The quantitative estimate of drug-likeness (QED) is 0.306. The summed E-state index contributed by atoms with van der Waals surface area (Å²) >= 11 is 0. The molecule has 5 nitrogen and oxygen atoms in total. The molecule has 0 spiro atoms. The number of halogens is 1. The number of guanidine groups is 1. The van der Waals surface area contributed by atoms with Crippen molar-refractivity contribution in [2.45, 2.75) is 37.5 Å². The van der Waals surface area contributed by atoms with Gasteiger partial charge in [0.2, 0.25) is 0 Å². The minimum absolute atomic E-state index is 0. The largest absolute Gasteiger partial charge is 0.469 e. The van der Waals surface area contributed by atoms with E-state index in [-0.39, 0.29) is 35.4 Å². The van der Waals surface area contributed by atoms with Crippen molar-refractivity contribution in [2.75, 3.05) is 27.2 Å². The molecule has 1 aliphatic rings. The molecular formula is C18H28IN3O2. The molecule has 2 N–H and O–H groups in total. The number of carbonyl (C=O) groups excluding carboxylic acids is 1. The van der Waals surface area contributed by atoms with Gasteiger partial charge in [0.05, 0.1) is 13.5 Å². The maximum atomic E-state index is 11.2. The standard InChI is InChI=1S/C18H27N3O2.HI/c1-19-17(20-13-10-16(22)23-2)21-14-18(11-6-7-12-18)15-8-4-3-5-9-15;/h3-5,8-9H,6-7,10-14H2,1-2H3,(H2,19,20,21);1H. The molecule has 0 heterocycles. The number of methoxy groups -OCH3 is 1. The lowest BCUT2D eigenvalue weighted by atomic mass is 9.79. The predicted octanol–water partition coefficient (Wildman–Crippen LogP) is 2.84. The molecule has 0 aliphatic heterocycles. The fourth-order valence-corrected chi connectivity index (χ4v) is 3.27. The lowest BCUT2D eigenvalue weighted by molar-refractivity contribution is -0.140. The lowest BCUT2D eigenvalue weighted by Crippen LogP contribution is -2.45. The van der Waals surface area contributed by atoms with E-state index in [4.69, 9.17) is 0 Å². The van der Waals surface area contributed by atoms with Gasteiger partial charge in [-0.2, -0.15) is 0 Å². The molecular weight excluding hydrogens is 417 g/mol. The zero-order chi connectivity index (χ0) is 16.5. The first-order valence-electron chi connectivity index (χ1n) is 8.27. The van der Waals surface area contributed by atoms with E-state index in [0.29, 0.717) is 13.0 Å². The van der Waals surface area contributed by atoms with E-state index in [1.165, 1.54) is 38.4 Å². The third-order valence-corrected chi connectivity index (χ3v) is 4.61. The van der Waals surface area contributed by atoms with Crippen LogP contribution in [0.15, 0.2) is 35.3 Å². The second-order valence-corrected chi connectivity index (χ2v) is 6.03. The maximum Gasteiger partial charge on any atom is 0.307 e. The molecule has 134 valence electrons. The molecule has 0 aromatic heterocycles. The first-order chi connectivity index (χ1) is 11.2. The summed E-state index contributed by atoms with van der Waals surface area (Å²) in [4.78, 5) is 15.4. The van der Waals surface area contributed by atoms with E-state index in [1.807, 2.05) is 0 Å². The number of carbonyl (C=O) groups is 1. The Morgan fingerprint density at radius 3 is 2.46 bits per heavy atom. The monoisotopic (exact) mass is 445 g/mol. The van der Waals surface area contributed by atoms with Gasteiger partial charge in [-0.3, -0.25) is 9.79 Å². The van der Waals surface area contributed by atoms with Crippen LogP contribution in [-0.4, -0.2) is 39.2 Å². The molecule has 6 heteroatoms. The van der Waals surface area contributed by atoms with Gasteiger partial charge in [-0.1, -0.05) is 43.2 Å². The highest BCUT2D eigenvalue weighted by Gasteiger charge is 2.35. The van der Waals surface area contributed by atoms with Crippen molar-refractivity contribution in [1.29, 1.82) is 0 Å². The third kappa shape index (κ3) is 5.65. The number of hydrogen-bond acceptors (Lipinski definition) is 3. The number of aliphatic imine (C=N–C) groups is 1. The van der Waals surface area contributed by atoms with Gasteiger partial charge in [0.1, 0.15) is 0 Å². The third-order valence-electron chi connectivity index (χ3n) is 4.61. The summed E-state index contributed by atoms with van der Waals surface area (Å²) in [7, 11) is 3.15. The van der Waals surface area contributed by atoms with Gasteiger partial charge < -0.3 is 15.4 Å². The van der Waals surface area contributed by atoms with Gasteiger partial charge in [-0.25, -0.2) is 0 Å². The Balaban J connectivity index is 0.00000288. The van der Waals surface area contributed by atoms with Crippen LogP contribution in [0, 0.1) is 0 Å². The van der Waals surface area contributed by atoms with E-state index in [2.05, 4.69) is 50.7 Å². The summed E-state index contributed by atoms with van der Waals surface area (Å²) in [5.74, 6) is 0.514. The second-order valence-electron chi connectivity index (χ2n) is 6.03. The minimum Gasteiger partial charge on any atom is -0.469 e. The van der Waals surface area contributed by atoms with Gasteiger partial charge in [0.25, 0.3) is 0 Å². The summed E-state index contributed by atoms with van der Waals surface area (Å²) < 4.78 is 4.64. The van der Waals surface area contributed by atoms with Crippen molar-refractivity contribution in [1.82, 2.24) is 10.6 Å². The van der Waals surface area contributed by atoms with Crippen molar-refractivity contribution in [3.05, 3.63) is 35.9 Å². The van der Waals surface area contributed by atoms with Gasteiger partial charge in [0.15, 0.2) is 5.96 Å². The van der Waals surface area contributed by atoms with Crippen LogP contribution in [0.1, 0.15) is 37.7 Å². The zero-order valence-corrected chi connectivity index (χ0v) is 16.8. The van der Waals surface area contributed by atoms with E-state index in [1.54, 1.807) is 7.05 Å². The molecule has 1 aromatic carbocycles. The second kappa shape index (κ2) is 10.5. The van der Waals surface area contributed by atoms with E-state index < -0.39 is 0 Å². The first kappa shape index (κ1) is 20.7. The highest BCUT2D eigenvalue weighted by Crippen LogP contribution is 2.40. The van der Waals surface area contributed by atoms with Crippen LogP contribution in [-0.2, 0) is 14.9 Å². The Bertz CT molecular complexity index is 528. The number of rotatable bonds is 6. The van der Waals surface area contributed by atoms with Crippen LogP contribution in [0.3, 0.4) is 0 Å². The van der Waals surface area contributed by atoms with Gasteiger partial charge in [0, 0.05) is 25.6 Å². The average Bonchev–Trinajstić information content (AvgIpc) is 3.08. The van der Waals surface area contributed by atoms with E-state index >= 15 is 0 Å².